The number of fused-ring (bicyclic) bond motifs is 1. The van der Waals surface area contributed by atoms with E-state index in [0.717, 1.165) is 23.3 Å². The summed E-state index contributed by atoms with van der Waals surface area (Å²) in [5, 5.41) is 0. The van der Waals surface area contributed by atoms with Gasteiger partial charge in [-0.2, -0.15) is 0 Å². The third-order valence-electron chi connectivity index (χ3n) is 2.97. The van der Waals surface area contributed by atoms with Crippen molar-refractivity contribution in [1.29, 1.82) is 0 Å². The van der Waals surface area contributed by atoms with Gasteiger partial charge in [0.25, 0.3) is 0 Å². The molecule has 2 heteroatoms. The van der Waals surface area contributed by atoms with Crippen molar-refractivity contribution in [1.82, 2.24) is 9.97 Å². The highest BCUT2D eigenvalue weighted by Gasteiger charge is 2.03. The summed E-state index contributed by atoms with van der Waals surface area (Å²) in [4.78, 5) is 7.85. The van der Waals surface area contributed by atoms with E-state index >= 15 is 0 Å². The van der Waals surface area contributed by atoms with Crippen molar-refractivity contribution in [3.8, 4) is 11.1 Å². The van der Waals surface area contributed by atoms with Crippen molar-refractivity contribution in [3.63, 3.8) is 0 Å². The van der Waals surface area contributed by atoms with Crippen LogP contribution in [0.15, 0.2) is 48.5 Å². The highest BCUT2D eigenvalue weighted by molar-refractivity contribution is 5.81. The Kier molecular flexibility index (Phi) is 2.41. The van der Waals surface area contributed by atoms with E-state index in [9.17, 15) is 0 Å². The number of rotatable bonds is 2. The van der Waals surface area contributed by atoms with Crippen molar-refractivity contribution >= 4 is 11.0 Å². The minimum atomic E-state index is 0.940. The van der Waals surface area contributed by atoms with Crippen molar-refractivity contribution in [2.45, 2.75) is 13.3 Å². The van der Waals surface area contributed by atoms with Gasteiger partial charge in [-0.1, -0.05) is 43.3 Å². The second kappa shape index (κ2) is 4.06. The Morgan fingerprint density at radius 3 is 2.59 bits per heavy atom. The van der Waals surface area contributed by atoms with E-state index in [4.69, 9.17) is 0 Å². The number of imidazole rings is 1. The summed E-state index contributed by atoms with van der Waals surface area (Å²) in [5.74, 6) is 1.05. The monoisotopic (exact) mass is 222 g/mol. The molecule has 1 aromatic heterocycles. The molecule has 2 nitrogen and oxygen atoms in total. The third-order valence-corrected chi connectivity index (χ3v) is 2.97. The first-order valence-corrected chi connectivity index (χ1v) is 5.91. The maximum Gasteiger partial charge on any atom is 0.106 e. The van der Waals surface area contributed by atoms with E-state index in [2.05, 4.69) is 59.4 Å². The van der Waals surface area contributed by atoms with Gasteiger partial charge in [0.1, 0.15) is 5.82 Å². The molecule has 1 heterocycles. The minimum Gasteiger partial charge on any atom is -0.342 e. The molecule has 0 saturated heterocycles. The number of benzene rings is 2. The summed E-state index contributed by atoms with van der Waals surface area (Å²) in [7, 11) is 0. The predicted molar refractivity (Wildman–Crippen MR) is 70.9 cm³/mol. The van der Waals surface area contributed by atoms with E-state index in [1.54, 1.807) is 0 Å². The Hall–Kier alpha value is -2.09. The number of H-pyrrole nitrogens is 1. The Balaban J connectivity index is 2.13. The van der Waals surface area contributed by atoms with Crippen LogP contribution in [0, 0.1) is 0 Å². The molecule has 0 radical (unpaired) electrons. The zero-order valence-corrected chi connectivity index (χ0v) is 9.77. The Morgan fingerprint density at radius 1 is 1.00 bits per heavy atom. The van der Waals surface area contributed by atoms with E-state index in [1.807, 2.05) is 6.07 Å². The Morgan fingerprint density at radius 2 is 1.82 bits per heavy atom. The molecule has 0 aliphatic carbocycles. The van der Waals surface area contributed by atoms with Crippen molar-refractivity contribution in [2.75, 3.05) is 0 Å². The molecule has 0 atom stereocenters. The Labute approximate surface area is 100 Å². The third kappa shape index (κ3) is 1.82. The van der Waals surface area contributed by atoms with Gasteiger partial charge in [-0.25, -0.2) is 4.98 Å². The van der Waals surface area contributed by atoms with Crippen LogP contribution in [0.1, 0.15) is 12.7 Å². The zero-order valence-electron chi connectivity index (χ0n) is 9.77. The average Bonchev–Trinajstić information content (AvgIpc) is 2.81. The lowest BCUT2D eigenvalue weighted by atomic mass is 10.1. The fourth-order valence-electron chi connectivity index (χ4n) is 2.04. The fourth-order valence-corrected chi connectivity index (χ4v) is 2.04. The van der Waals surface area contributed by atoms with Crippen LogP contribution in [0.3, 0.4) is 0 Å². The van der Waals surface area contributed by atoms with Gasteiger partial charge in [0.15, 0.2) is 0 Å². The second-order valence-corrected chi connectivity index (χ2v) is 4.14. The van der Waals surface area contributed by atoms with Crippen LogP contribution in [-0.4, -0.2) is 9.97 Å². The minimum absolute atomic E-state index is 0.940. The lowest BCUT2D eigenvalue weighted by Crippen LogP contribution is -1.79. The first-order chi connectivity index (χ1) is 8.36. The lowest BCUT2D eigenvalue weighted by molar-refractivity contribution is 1.00. The van der Waals surface area contributed by atoms with Gasteiger partial charge in [0.2, 0.25) is 0 Å². The maximum atomic E-state index is 4.51. The smallest absolute Gasteiger partial charge is 0.106 e. The van der Waals surface area contributed by atoms with Crippen LogP contribution in [0.25, 0.3) is 22.2 Å². The fraction of sp³-hybridized carbons (Fsp3) is 0.133. The van der Waals surface area contributed by atoms with Crippen LogP contribution in [0.4, 0.5) is 0 Å². The van der Waals surface area contributed by atoms with Gasteiger partial charge in [0.05, 0.1) is 11.0 Å². The molecule has 0 fully saturated rings. The first kappa shape index (κ1) is 10.1. The number of aromatic nitrogens is 2. The molecular formula is C15H14N2. The molecular weight excluding hydrogens is 208 g/mol. The van der Waals surface area contributed by atoms with Gasteiger partial charge in [-0.15, -0.1) is 0 Å². The van der Waals surface area contributed by atoms with E-state index < -0.39 is 0 Å². The molecule has 0 aliphatic heterocycles. The van der Waals surface area contributed by atoms with Crippen LogP contribution >= 0.6 is 0 Å². The van der Waals surface area contributed by atoms with Gasteiger partial charge in [-0.05, 0) is 23.3 Å². The molecule has 84 valence electrons. The molecule has 3 rings (SSSR count). The standard InChI is InChI=1S/C15H14N2/c1-2-15-16-13-9-8-12(10-14(13)17-15)11-6-4-3-5-7-11/h3-10H,2H2,1H3,(H,16,17). The molecule has 0 unspecified atom stereocenters. The summed E-state index contributed by atoms with van der Waals surface area (Å²) >= 11 is 0. The van der Waals surface area contributed by atoms with Gasteiger partial charge < -0.3 is 4.98 Å². The van der Waals surface area contributed by atoms with Crippen molar-refractivity contribution in [2.24, 2.45) is 0 Å². The topological polar surface area (TPSA) is 28.7 Å². The Bertz CT molecular complexity index is 638. The summed E-state index contributed by atoms with van der Waals surface area (Å²) in [6.45, 7) is 2.11. The van der Waals surface area contributed by atoms with E-state index in [0.29, 0.717) is 0 Å². The van der Waals surface area contributed by atoms with Crippen LogP contribution in [0.5, 0.6) is 0 Å². The molecule has 0 spiro atoms. The molecule has 0 saturated carbocycles. The highest BCUT2D eigenvalue weighted by atomic mass is 14.9. The number of nitrogens with one attached hydrogen (secondary N) is 1. The highest BCUT2D eigenvalue weighted by Crippen LogP contribution is 2.23. The quantitative estimate of drug-likeness (QED) is 0.702. The van der Waals surface area contributed by atoms with Crippen molar-refractivity contribution in [3.05, 3.63) is 54.4 Å². The molecule has 3 aromatic rings. The van der Waals surface area contributed by atoms with Crippen LogP contribution in [-0.2, 0) is 6.42 Å². The molecule has 0 bridgehead atoms. The number of aryl methyl sites for hydroxylation is 1. The van der Waals surface area contributed by atoms with E-state index in [1.165, 1.54) is 11.1 Å². The number of aromatic amines is 1. The number of hydrogen-bond donors (Lipinski definition) is 1. The van der Waals surface area contributed by atoms with Gasteiger partial charge in [0, 0.05) is 6.42 Å². The molecule has 17 heavy (non-hydrogen) atoms. The summed E-state index contributed by atoms with van der Waals surface area (Å²) < 4.78 is 0. The molecule has 2 aromatic carbocycles. The molecule has 0 amide bonds. The predicted octanol–water partition coefficient (Wildman–Crippen LogP) is 3.79. The largest absolute Gasteiger partial charge is 0.342 e. The molecule has 1 N–H and O–H groups in total. The maximum absolute atomic E-state index is 4.51. The number of nitrogens with zero attached hydrogens (tertiary/aromatic N) is 1. The van der Waals surface area contributed by atoms with Crippen LogP contribution < -0.4 is 0 Å². The lowest BCUT2D eigenvalue weighted by Gasteiger charge is -2.00. The number of hydrogen-bond acceptors (Lipinski definition) is 1. The second-order valence-electron chi connectivity index (χ2n) is 4.14. The summed E-state index contributed by atoms with van der Waals surface area (Å²) in [6.07, 6.45) is 0.940. The summed E-state index contributed by atoms with van der Waals surface area (Å²) in [6, 6.07) is 16.8. The summed E-state index contributed by atoms with van der Waals surface area (Å²) in [5.41, 5.74) is 4.62. The van der Waals surface area contributed by atoms with Crippen molar-refractivity contribution < 1.29 is 0 Å². The SMILES string of the molecule is CCc1nc2ccc(-c3ccccc3)cc2[nH]1. The van der Waals surface area contributed by atoms with E-state index in [-0.39, 0.29) is 0 Å². The zero-order chi connectivity index (χ0) is 11.7. The molecule has 0 aliphatic rings. The first-order valence-electron chi connectivity index (χ1n) is 5.91. The normalized spacial score (nSPS) is 10.9. The average molecular weight is 222 g/mol. The van der Waals surface area contributed by atoms with Crippen LogP contribution in [0.2, 0.25) is 0 Å². The van der Waals surface area contributed by atoms with Gasteiger partial charge >= 0.3 is 0 Å². The van der Waals surface area contributed by atoms with Gasteiger partial charge in [-0.3, -0.25) is 0 Å².